The van der Waals surface area contributed by atoms with Crippen LogP contribution in [0.2, 0.25) is 0 Å². The van der Waals surface area contributed by atoms with Crippen LogP contribution in [-0.2, 0) is 20.4 Å². The molecule has 6 atom stereocenters. The second-order valence-electron chi connectivity index (χ2n) is 8.41. The van der Waals surface area contributed by atoms with Crippen LogP contribution in [0, 0.1) is 11.8 Å². The Labute approximate surface area is 212 Å². The number of carboxylic acid groups (broad SMARTS) is 1. The van der Waals surface area contributed by atoms with Crippen LogP contribution in [0.4, 0.5) is 5.82 Å². The molecule has 198 valence electrons. The molecule has 0 spiro atoms. The number of aliphatic hydroxyl groups excluding tert-OH is 2. The molecule has 36 heavy (non-hydrogen) atoms. The largest absolute Gasteiger partial charge is 0.480 e. The van der Waals surface area contributed by atoms with Crippen LogP contribution in [0.5, 0.6) is 0 Å². The molecule has 2 aromatic heterocycles. The standard InChI is InChI=1S/C22H34N8O5S/c23-6-3-1-2-4-9-36(10-5-14(25)22(33)34)11-15-17(31)18(32)21(35-15)30-13-29-16-19(26-8-7-24)27-12-28-20(16)30/h12-15,17-18,21,31-32H,1,3,5-11,23-25H2,(H-,26,27,28,33,34)/p+1. The van der Waals surface area contributed by atoms with Crippen LogP contribution >= 0.6 is 0 Å². The molecule has 0 amide bonds. The lowest BCUT2D eigenvalue weighted by molar-refractivity contribution is -0.138. The minimum absolute atomic E-state index is 0.277. The van der Waals surface area contributed by atoms with E-state index in [0.29, 0.717) is 60.3 Å². The predicted molar refractivity (Wildman–Crippen MR) is 137 cm³/mol. The first-order valence-electron chi connectivity index (χ1n) is 11.8. The van der Waals surface area contributed by atoms with Gasteiger partial charge in [0.05, 0.1) is 6.33 Å². The van der Waals surface area contributed by atoms with Crippen molar-refractivity contribution in [2.75, 3.05) is 42.2 Å². The van der Waals surface area contributed by atoms with E-state index in [4.69, 9.17) is 27.0 Å². The number of carbonyl (C=O) groups is 1. The van der Waals surface area contributed by atoms with E-state index in [1.807, 2.05) is 0 Å². The van der Waals surface area contributed by atoms with Crippen molar-refractivity contribution in [2.45, 2.75) is 49.8 Å². The van der Waals surface area contributed by atoms with Gasteiger partial charge in [0.25, 0.3) is 0 Å². The number of fused-ring (bicyclic) bond motifs is 1. The minimum atomic E-state index is -1.22. The van der Waals surface area contributed by atoms with Gasteiger partial charge in [-0.15, -0.1) is 0 Å². The fraction of sp³-hybridized carbons (Fsp3) is 0.636. The highest BCUT2D eigenvalue weighted by Gasteiger charge is 2.47. The van der Waals surface area contributed by atoms with Gasteiger partial charge >= 0.3 is 5.97 Å². The topological polar surface area (TPSA) is 221 Å². The van der Waals surface area contributed by atoms with Crippen molar-refractivity contribution in [2.24, 2.45) is 17.2 Å². The van der Waals surface area contributed by atoms with E-state index < -0.39 is 47.4 Å². The first-order valence-corrected chi connectivity index (χ1v) is 13.5. The van der Waals surface area contributed by atoms with Crippen LogP contribution in [-0.4, -0.2) is 102 Å². The number of rotatable bonds is 13. The molecule has 3 heterocycles. The predicted octanol–water partition coefficient (Wildman–Crippen LogP) is -2.02. The van der Waals surface area contributed by atoms with E-state index in [2.05, 4.69) is 32.1 Å². The Morgan fingerprint density at radius 2 is 2.03 bits per heavy atom. The number of hydrogen-bond donors (Lipinski definition) is 7. The summed E-state index contributed by atoms with van der Waals surface area (Å²) in [5.74, 6) is 7.09. The third kappa shape index (κ3) is 7.04. The normalized spacial score (nSPS) is 23.2. The van der Waals surface area contributed by atoms with E-state index in [1.54, 1.807) is 4.57 Å². The van der Waals surface area contributed by atoms with Crippen LogP contribution < -0.4 is 22.5 Å². The number of aliphatic carboxylic acids is 1. The Morgan fingerprint density at radius 3 is 2.75 bits per heavy atom. The molecule has 13 nitrogen and oxygen atoms in total. The SMILES string of the molecule is NCCCC#CC[S+](CCC(N)C(=O)O)CC1OC(n2cnc3c(NCCN)ncnc32)C(O)C1O. The Bertz CT molecular complexity index is 1060. The zero-order valence-corrected chi connectivity index (χ0v) is 20.8. The molecule has 1 fully saturated rings. The van der Waals surface area contributed by atoms with Crippen molar-refractivity contribution >= 4 is 33.8 Å². The van der Waals surface area contributed by atoms with Crippen LogP contribution in [0.3, 0.4) is 0 Å². The fourth-order valence-corrected chi connectivity index (χ4v) is 5.81. The number of ether oxygens (including phenoxy) is 1. The molecule has 10 N–H and O–H groups in total. The summed E-state index contributed by atoms with van der Waals surface area (Å²) in [4.78, 5) is 24.0. The third-order valence-electron chi connectivity index (χ3n) is 5.75. The second kappa shape index (κ2) is 13.7. The first-order chi connectivity index (χ1) is 17.4. The van der Waals surface area contributed by atoms with Gasteiger partial charge in [-0.2, -0.15) is 0 Å². The van der Waals surface area contributed by atoms with Gasteiger partial charge in [0.2, 0.25) is 0 Å². The molecule has 6 unspecified atom stereocenters. The molecule has 3 rings (SSSR count). The first kappa shape index (κ1) is 28.1. The lowest BCUT2D eigenvalue weighted by atomic mass is 10.1. The van der Waals surface area contributed by atoms with Crippen molar-refractivity contribution in [3.05, 3.63) is 12.7 Å². The number of nitrogens with one attached hydrogen (secondary N) is 1. The van der Waals surface area contributed by atoms with Gasteiger partial charge in [-0.25, -0.2) is 15.0 Å². The number of aliphatic hydroxyl groups is 2. The summed E-state index contributed by atoms with van der Waals surface area (Å²) in [5.41, 5.74) is 17.7. The lowest BCUT2D eigenvalue weighted by Crippen LogP contribution is -2.38. The van der Waals surface area contributed by atoms with Crippen LogP contribution in [0.25, 0.3) is 11.2 Å². The zero-order valence-electron chi connectivity index (χ0n) is 20.0. The second-order valence-corrected chi connectivity index (χ2v) is 10.7. The highest BCUT2D eigenvalue weighted by atomic mass is 32.2. The van der Waals surface area contributed by atoms with Crippen molar-refractivity contribution in [3.8, 4) is 11.8 Å². The summed E-state index contributed by atoms with van der Waals surface area (Å²) in [5, 5.41) is 33.8. The van der Waals surface area contributed by atoms with Crippen molar-refractivity contribution < 1.29 is 24.9 Å². The van der Waals surface area contributed by atoms with Gasteiger partial charge in [0.1, 0.15) is 42.2 Å². The minimum Gasteiger partial charge on any atom is -0.480 e. The van der Waals surface area contributed by atoms with E-state index in [-0.39, 0.29) is 6.42 Å². The van der Waals surface area contributed by atoms with E-state index in [0.717, 1.165) is 6.42 Å². The quantitative estimate of drug-likeness (QED) is 0.0859. The average Bonchev–Trinajstić information content (AvgIpc) is 3.42. The van der Waals surface area contributed by atoms with Crippen molar-refractivity contribution in [3.63, 3.8) is 0 Å². The zero-order chi connectivity index (χ0) is 26.1. The molecule has 0 aromatic carbocycles. The maximum atomic E-state index is 11.2. The molecule has 0 saturated carbocycles. The smallest absolute Gasteiger partial charge is 0.320 e. The van der Waals surface area contributed by atoms with Gasteiger partial charge in [0.15, 0.2) is 29.0 Å². The average molecular weight is 524 g/mol. The summed E-state index contributed by atoms with van der Waals surface area (Å²) in [7, 11) is -0.405. The van der Waals surface area contributed by atoms with Gasteiger partial charge in [0, 0.05) is 36.8 Å². The van der Waals surface area contributed by atoms with Gasteiger partial charge in [-0.3, -0.25) is 9.36 Å². The van der Waals surface area contributed by atoms with E-state index in [9.17, 15) is 15.0 Å². The molecule has 14 heteroatoms. The molecule has 2 aromatic rings. The molecule has 1 aliphatic rings. The Balaban J connectivity index is 1.73. The Hall–Kier alpha value is -2.51. The van der Waals surface area contributed by atoms with Gasteiger partial charge < -0.3 is 42.6 Å². The number of aromatic nitrogens is 4. The molecule has 1 saturated heterocycles. The molecule has 0 radical (unpaired) electrons. The van der Waals surface area contributed by atoms with E-state index >= 15 is 0 Å². The fourth-order valence-electron chi connectivity index (χ4n) is 3.75. The van der Waals surface area contributed by atoms with Crippen LogP contribution in [0.15, 0.2) is 12.7 Å². The summed E-state index contributed by atoms with van der Waals surface area (Å²) in [6, 6.07) is -0.975. The number of nitrogens with zero attached hydrogens (tertiary/aromatic N) is 4. The number of imidazole rings is 1. The number of unbranched alkanes of at least 4 members (excludes halogenated alkanes) is 1. The number of nitrogens with two attached hydrogens (primary N) is 3. The molecular weight excluding hydrogens is 488 g/mol. The molecule has 0 bridgehead atoms. The van der Waals surface area contributed by atoms with E-state index in [1.165, 1.54) is 12.7 Å². The summed E-state index contributed by atoms with van der Waals surface area (Å²) >= 11 is 0. The lowest BCUT2D eigenvalue weighted by Gasteiger charge is -2.16. The maximum absolute atomic E-state index is 11.2. The Morgan fingerprint density at radius 1 is 1.22 bits per heavy atom. The summed E-state index contributed by atoms with van der Waals surface area (Å²) in [6.07, 6.45) is 0.662. The summed E-state index contributed by atoms with van der Waals surface area (Å²) < 4.78 is 7.68. The van der Waals surface area contributed by atoms with Crippen LogP contribution in [0.1, 0.15) is 25.5 Å². The number of anilines is 1. The Kier molecular flexibility index (Phi) is 10.7. The maximum Gasteiger partial charge on any atom is 0.320 e. The van der Waals surface area contributed by atoms with Crippen molar-refractivity contribution in [1.29, 1.82) is 0 Å². The highest BCUT2D eigenvalue weighted by Crippen LogP contribution is 2.33. The van der Waals surface area contributed by atoms with Gasteiger partial charge in [-0.05, 0) is 18.9 Å². The monoisotopic (exact) mass is 523 g/mol. The highest BCUT2D eigenvalue weighted by molar-refractivity contribution is 7.97. The molecule has 0 aliphatic carbocycles. The summed E-state index contributed by atoms with van der Waals surface area (Å²) in [6.45, 7) is 1.49. The third-order valence-corrected chi connectivity index (χ3v) is 7.91. The molecular formula is C22H35N8O5S+. The number of hydrogen-bond acceptors (Lipinski definition) is 11. The number of carboxylic acids is 1. The van der Waals surface area contributed by atoms with Gasteiger partial charge in [-0.1, -0.05) is 5.92 Å². The van der Waals surface area contributed by atoms with Crippen molar-refractivity contribution in [1.82, 2.24) is 19.5 Å². The molecule has 1 aliphatic heterocycles.